The second kappa shape index (κ2) is 6.01. The van der Waals surface area contributed by atoms with Gasteiger partial charge in [0, 0.05) is 25.4 Å². The summed E-state index contributed by atoms with van der Waals surface area (Å²) in [5, 5.41) is 2.67. The number of nitrogens with zero attached hydrogens (tertiary/aromatic N) is 1. The molecule has 0 aliphatic carbocycles. The molecule has 2 atom stereocenters. The Morgan fingerprint density at radius 2 is 2.00 bits per heavy atom. The zero-order valence-electron chi connectivity index (χ0n) is 12.0. The second-order valence-electron chi connectivity index (χ2n) is 5.50. The van der Waals surface area contributed by atoms with E-state index in [0.29, 0.717) is 6.42 Å². The number of carbonyl (C=O) groups is 2. The van der Waals surface area contributed by atoms with Gasteiger partial charge in [0.15, 0.2) is 0 Å². The maximum Gasteiger partial charge on any atom is 0.389 e. The van der Waals surface area contributed by atoms with Gasteiger partial charge in [0.05, 0.1) is 0 Å². The van der Waals surface area contributed by atoms with Gasteiger partial charge >= 0.3 is 6.18 Å². The molecule has 0 spiro atoms. The van der Waals surface area contributed by atoms with Gasteiger partial charge in [-0.2, -0.15) is 13.2 Å². The van der Waals surface area contributed by atoms with Gasteiger partial charge in [-0.25, -0.2) is 0 Å². The van der Waals surface area contributed by atoms with Crippen molar-refractivity contribution in [3.63, 3.8) is 0 Å². The Morgan fingerprint density at radius 3 is 2.50 bits per heavy atom. The van der Waals surface area contributed by atoms with Crippen molar-refractivity contribution in [2.24, 2.45) is 0 Å². The average Bonchev–Trinajstić information content (AvgIpc) is 2.38. The summed E-state index contributed by atoms with van der Waals surface area (Å²) in [4.78, 5) is 25.6. The van der Waals surface area contributed by atoms with E-state index in [1.165, 1.54) is 4.90 Å². The van der Waals surface area contributed by atoms with E-state index in [2.05, 4.69) is 5.32 Å². The topological polar surface area (TPSA) is 49.4 Å². The molecule has 0 saturated carbocycles. The van der Waals surface area contributed by atoms with Crippen LogP contribution in [0.4, 0.5) is 13.2 Å². The first-order valence-electron chi connectivity index (χ1n) is 6.78. The number of amides is 2. The molecule has 1 aliphatic heterocycles. The fourth-order valence-electron chi connectivity index (χ4n) is 2.32. The summed E-state index contributed by atoms with van der Waals surface area (Å²) < 4.78 is 36.6. The van der Waals surface area contributed by atoms with Crippen LogP contribution >= 0.6 is 0 Å². The van der Waals surface area contributed by atoms with E-state index in [-0.39, 0.29) is 37.2 Å². The lowest BCUT2D eigenvalue weighted by molar-refractivity contribution is -0.144. The highest BCUT2D eigenvalue weighted by Crippen LogP contribution is 2.25. The first-order valence-corrected chi connectivity index (χ1v) is 6.78. The summed E-state index contributed by atoms with van der Waals surface area (Å²) in [6.07, 6.45) is -4.77. The van der Waals surface area contributed by atoms with Crippen LogP contribution in [0.3, 0.4) is 0 Å². The van der Waals surface area contributed by atoms with Gasteiger partial charge in [0.25, 0.3) is 0 Å². The number of alkyl halides is 3. The van der Waals surface area contributed by atoms with Gasteiger partial charge in [-0.3, -0.25) is 9.59 Å². The minimum atomic E-state index is -4.22. The lowest BCUT2D eigenvalue weighted by atomic mass is 9.97. The van der Waals surface area contributed by atoms with Crippen LogP contribution in [0.1, 0.15) is 46.5 Å². The van der Waals surface area contributed by atoms with Crippen LogP contribution in [0.15, 0.2) is 0 Å². The number of rotatable bonds is 4. The van der Waals surface area contributed by atoms with E-state index in [9.17, 15) is 22.8 Å². The van der Waals surface area contributed by atoms with Gasteiger partial charge in [0.2, 0.25) is 11.8 Å². The zero-order chi connectivity index (χ0) is 15.6. The predicted octanol–water partition coefficient (Wildman–Crippen LogP) is 2.23. The summed E-state index contributed by atoms with van der Waals surface area (Å²) in [6.45, 7) is 5.08. The van der Waals surface area contributed by atoms with Crippen LogP contribution in [-0.4, -0.2) is 41.0 Å². The number of hydrogen-bond acceptors (Lipinski definition) is 2. The fourth-order valence-corrected chi connectivity index (χ4v) is 2.32. The van der Waals surface area contributed by atoms with Gasteiger partial charge < -0.3 is 10.2 Å². The predicted molar refractivity (Wildman–Crippen MR) is 67.9 cm³/mol. The van der Waals surface area contributed by atoms with Gasteiger partial charge in [-0.1, -0.05) is 6.92 Å². The van der Waals surface area contributed by atoms with E-state index in [4.69, 9.17) is 0 Å². The highest BCUT2D eigenvalue weighted by Gasteiger charge is 2.41. The fraction of sp³-hybridized carbons (Fsp3) is 0.846. The summed E-state index contributed by atoms with van der Waals surface area (Å²) in [5.74, 6) is -0.547. The van der Waals surface area contributed by atoms with E-state index in [1.807, 2.05) is 0 Å². The summed E-state index contributed by atoms with van der Waals surface area (Å²) in [6, 6.07) is -0.385. The molecule has 0 bridgehead atoms. The smallest absolute Gasteiger partial charge is 0.342 e. The molecule has 1 heterocycles. The van der Waals surface area contributed by atoms with E-state index in [1.54, 1.807) is 20.8 Å². The van der Waals surface area contributed by atoms with Gasteiger partial charge in [-0.15, -0.1) is 0 Å². The average molecular weight is 294 g/mol. The second-order valence-corrected chi connectivity index (χ2v) is 5.50. The minimum absolute atomic E-state index is 0.0179. The SMILES string of the molecule is CCC1(C)NC(=O)CC(C)N(CCCC(F)(F)F)C1=O. The number of hydrogen-bond donors (Lipinski definition) is 1. The minimum Gasteiger partial charge on any atom is -0.342 e. The van der Waals surface area contributed by atoms with Crippen molar-refractivity contribution in [1.82, 2.24) is 10.2 Å². The Morgan fingerprint density at radius 1 is 1.40 bits per heavy atom. The van der Waals surface area contributed by atoms with Crippen LogP contribution < -0.4 is 5.32 Å². The third-order valence-corrected chi connectivity index (χ3v) is 3.73. The lowest BCUT2D eigenvalue weighted by Gasteiger charge is -2.33. The highest BCUT2D eigenvalue weighted by atomic mass is 19.4. The Balaban J connectivity index is 2.80. The Bertz CT molecular complexity index is 384. The van der Waals surface area contributed by atoms with Gasteiger partial charge in [0.1, 0.15) is 5.54 Å². The largest absolute Gasteiger partial charge is 0.389 e. The van der Waals surface area contributed by atoms with Crippen molar-refractivity contribution < 1.29 is 22.8 Å². The van der Waals surface area contributed by atoms with Crippen molar-refractivity contribution in [1.29, 1.82) is 0 Å². The molecule has 116 valence electrons. The standard InChI is InChI=1S/C13H21F3N2O2/c1-4-12(3)11(20)18(7-5-6-13(14,15)16)9(2)8-10(19)17-12/h9H,4-8H2,1-3H3,(H,17,19). The summed E-state index contributed by atoms with van der Waals surface area (Å²) in [7, 11) is 0. The normalized spacial score (nSPS) is 28.3. The molecular formula is C13H21F3N2O2. The quantitative estimate of drug-likeness (QED) is 0.864. The molecule has 0 aromatic rings. The molecule has 1 saturated heterocycles. The van der Waals surface area contributed by atoms with Crippen LogP contribution in [0.2, 0.25) is 0 Å². The van der Waals surface area contributed by atoms with Crippen molar-refractivity contribution in [2.45, 2.75) is 64.2 Å². The molecule has 0 aromatic heterocycles. The zero-order valence-corrected chi connectivity index (χ0v) is 12.0. The number of nitrogens with one attached hydrogen (secondary N) is 1. The van der Waals surface area contributed by atoms with Crippen LogP contribution in [-0.2, 0) is 9.59 Å². The third kappa shape index (κ3) is 4.11. The monoisotopic (exact) mass is 294 g/mol. The first kappa shape index (κ1) is 16.8. The Labute approximate surface area is 116 Å². The van der Waals surface area contributed by atoms with E-state index < -0.39 is 18.1 Å². The van der Waals surface area contributed by atoms with Gasteiger partial charge in [-0.05, 0) is 26.7 Å². The molecule has 0 radical (unpaired) electrons. The molecule has 20 heavy (non-hydrogen) atoms. The van der Waals surface area contributed by atoms with Crippen molar-refractivity contribution >= 4 is 11.8 Å². The molecule has 7 heteroatoms. The number of carbonyl (C=O) groups excluding carboxylic acids is 2. The summed E-state index contributed by atoms with van der Waals surface area (Å²) >= 11 is 0. The maximum atomic E-state index is 12.4. The molecule has 2 unspecified atom stereocenters. The lowest BCUT2D eigenvalue weighted by Crippen LogP contribution is -2.55. The van der Waals surface area contributed by atoms with Crippen molar-refractivity contribution in [3.8, 4) is 0 Å². The molecule has 1 fully saturated rings. The molecule has 2 amide bonds. The van der Waals surface area contributed by atoms with E-state index >= 15 is 0 Å². The van der Waals surface area contributed by atoms with Crippen LogP contribution in [0, 0.1) is 0 Å². The Kier molecular flexibility index (Phi) is 5.05. The highest BCUT2D eigenvalue weighted by molar-refractivity contribution is 5.93. The van der Waals surface area contributed by atoms with Crippen LogP contribution in [0.5, 0.6) is 0 Å². The molecule has 4 nitrogen and oxygen atoms in total. The first-order chi connectivity index (χ1) is 9.09. The van der Waals surface area contributed by atoms with Crippen LogP contribution in [0.25, 0.3) is 0 Å². The molecule has 1 N–H and O–H groups in total. The van der Waals surface area contributed by atoms with Crippen molar-refractivity contribution in [3.05, 3.63) is 0 Å². The van der Waals surface area contributed by atoms with Crippen molar-refractivity contribution in [2.75, 3.05) is 6.54 Å². The molecule has 1 rings (SSSR count). The number of halogens is 3. The third-order valence-electron chi connectivity index (χ3n) is 3.73. The molecular weight excluding hydrogens is 273 g/mol. The van der Waals surface area contributed by atoms with E-state index in [0.717, 1.165) is 0 Å². The summed E-state index contributed by atoms with van der Waals surface area (Å²) in [5.41, 5.74) is -1.03. The molecule has 1 aliphatic rings. The Hall–Kier alpha value is -1.27. The maximum absolute atomic E-state index is 12.4. The molecule has 0 aromatic carbocycles.